The van der Waals surface area contributed by atoms with E-state index >= 15 is 0 Å². The molecule has 0 fully saturated rings. The number of amides is 1. The van der Waals surface area contributed by atoms with E-state index in [9.17, 15) is 18.0 Å². The Kier molecular flexibility index (Phi) is 4.07. The third kappa shape index (κ3) is 3.59. The van der Waals surface area contributed by atoms with E-state index in [-0.39, 0.29) is 5.56 Å². The van der Waals surface area contributed by atoms with Gasteiger partial charge in [-0.25, -0.2) is 4.98 Å². The van der Waals surface area contributed by atoms with E-state index in [2.05, 4.69) is 15.3 Å². The number of carbonyl (C=O) groups excluding carboxylic acids is 1. The minimum atomic E-state index is -4.45. The molecule has 0 aliphatic carbocycles. The average molecular weight is 283 g/mol. The molecule has 106 valence electrons. The van der Waals surface area contributed by atoms with Crippen LogP contribution in [-0.2, 0) is 12.6 Å². The number of nitrogens with one attached hydrogen (secondary N) is 2. The molecule has 7 heteroatoms. The largest absolute Gasteiger partial charge is 0.416 e. The van der Waals surface area contributed by atoms with E-state index in [4.69, 9.17) is 0 Å². The molecule has 1 heterocycles. The summed E-state index contributed by atoms with van der Waals surface area (Å²) in [5.74, 6) is 0.164. The Bertz CT molecular complexity index is 579. The van der Waals surface area contributed by atoms with Gasteiger partial charge >= 0.3 is 6.18 Å². The van der Waals surface area contributed by atoms with Gasteiger partial charge in [0, 0.05) is 30.9 Å². The molecule has 0 atom stereocenters. The lowest BCUT2D eigenvalue weighted by Gasteiger charge is -2.09. The standard InChI is InChI=1S/C13H12F3N3O/c14-13(15,16)10-3-1-2-9(8-10)12(20)19-5-4-11-17-6-7-18-11/h1-3,6-8H,4-5H2,(H,17,18)(H,19,20). The Balaban J connectivity index is 1.95. The fraction of sp³-hybridized carbons (Fsp3) is 0.231. The first-order valence-electron chi connectivity index (χ1n) is 5.90. The van der Waals surface area contributed by atoms with Crippen LogP contribution in [0.3, 0.4) is 0 Å². The first-order chi connectivity index (χ1) is 9.47. The lowest BCUT2D eigenvalue weighted by Crippen LogP contribution is -2.26. The van der Waals surface area contributed by atoms with Gasteiger partial charge in [-0.05, 0) is 18.2 Å². The zero-order valence-corrected chi connectivity index (χ0v) is 10.4. The number of aromatic nitrogens is 2. The quantitative estimate of drug-likeness (QED) is 0.905. The number of imidazole rings is 1. The predicted molar refractivity (Wildman–Crippen MR) is 66.1 cm³/mol. The van der Waals surface area contributed by atoms with Gasteiger partial charge in [-0.2, -0.15) is 13.2 Å². The van der Waals surface area contributed by atoms with Gasteiger partial charge in [0.2, 0.25) is 0 Å². The van der Waals surface area contributed by atoms with Gasteiger partial charge in [-0.15, -0.1) is 0 Å². The Morgan fingerprint density at radius 3 is 2.80 bits per heavy atom. The van der Waals surface area contributed by atoms with E-state index in [0.717, 1.165) is 12.1 Å². The molecule has 2 aromatic rings. The Morgan fingerprint density at radius 2 is 2.15 bits per heavy atom. The summed E-state index contributed by atoms with van der Waals surface area (Å²) in [7, 11) is 0. The number of H-pyrrole nitrogens is 1. The van der Waals surface area contributed by atoms with Gasteiger partial charge in [0.05, 0.1) is 5.56 Å². The van der Waals surface area contributed by atoms with Crippen LogP contribution >= 0.6 is 0 Å². The lowest BCUT2D eigenvalue weighted by molar-refractivity contribution is -0.137. The summed E-state index contributed by atoms with van der Waals surface area (Å²) in [6, 6.07) is 4.32. The van der Waals surface area contributed by atoms with Crippen LogP contribution in [0.1, 0.15) is 21.7 Å². The molecule has 2 N–H and O–H groups in total. The van der Waals surface area contributed by atoms with E-state index in [1.165, 1.54) is 12.1 Å². The monoisotopic (exact) mass is 283 g/mol. The molecule has 0 aliphatic heterocycles. The molecule has 4 nitrogen and oxygen atoms in total. The summed E-state index contributed by atoms with van der Waals surface area (Å²) in [4.78, 5) is 18.6. The van der Waals surface area contributed by atoms with E-state index in [1.54, 1.807) is 12.4 Å². The van der Waals surface area contributed by atoms with Crippen LogP contribution in [0.5, 0.6) is 0 Å². The number of hydrogen-bond acceptors (Lipinski definition) is 2. The molecule has 0 bridgehead atoms. The van der Waals surface area contributed by atoms with Crippen molar-refractivity contribution in [1.82, 2.24) is 15.3 Å². The molecule has 0 aliphatic rings. The van der Waals surface area contributed by atoms with Gasteiger partial charge in [0.15, 0.2) is 0 Å². The highest BCUT2D eigenvalue weighted by molar-refractivity contribution is 5.94. The van der Waals surface area contributed by atoms with Gasteiger partial charge in [-0.3, -0.25) is 4.79 Å². The Hall–Kier alpha value is -2.31. The van der Waals surface area contributed by atoms with Crippen LogP contribution < -0.4 is 5.32 Å². The van der Waals surface area contributed by atoms with E-state index in [1.807, 2.05) is 0 Å². The smallest absolute Gasteiger partial charge is 0.352 e. The normalized spacial score (nSPS) is 11.3. The summed E-state index contributed by atoms with van der Waals surface area (Å²) in [5.41, 5.74) is -0.851. The number of nitrogens with zero attached hydrogens (tertiary/aromatic N) is 1. The maximum Gasteiger partial charge on any atom is 0.416 e. The molecule has 0 saturated carbocycles. The lowest BCUT2D eigenvalue weighted by atomic mass is 10.1. The van der Waals surface area contributed by atoms with Crippen LogP contribution in [-0.4, -0.2) is 22.4 Å². The Labute approximate surface area is 113 Å². The van der Waals surface area contributed by atoms with Crippen LogP contribution in [0.25, 0.3) is 0 Å². The highest BCUT2D eigenvalue weighted by Crippen LogP contribution is 2.29. The van der Waals surface area contributed by atoms with Gasteiger partial charge in [0.25, 0.3) is 5.91 Å². The van der Waals surface area contributed by atoms with Crippen molar-refractivity contribution in [3.05, 3.63) is 53.6 Å². The summed E-state index contributed by atoms with van der Waals surface area (Å²) < 4.78 is 37.6. The molecule has 0 radical (unpaired) electrons. The fourth-order valence-corrected chi connectivity index (χ4v) is 1.67. The molecular weight excluding hydrogens is 271 g/mol. The molecule has 1 aromatic heterocycles. The first-order valence-corrected chi connectivity index (χ1v) is 5.90. The van der Waals surface area contributed by atoms with Crippen LogP contribution in [0.2, 0.25) is 0 Å². The summed E-state index contributed by atoms with van der Waals surface area (Å²) in [6.07, 6.45) is -0.726. The zero-order valence-electron chi connectivity index (χ0n) is 10.4. The van der Waals surface area contributed by atoms with Crippen molar-refractivity contribution in [2.24, 2.45) is 0 Å². The maximum atomic E-state index is 12.5. The number of halogens is 3. The highest BCUT2D eigenvalue weighted by Gasteiger charge is 2.30. The molecule has 2 rings (SSSR count). The van der Waals surface area contributed by atoms with Crippen molar-refractivity contribution in [2.75, 3.05) is 6.54 Å². The zero-order chi connectivity index (χ0) is 14.6. The third-order valence-corrected chi connectivity index (χ3v) is 2.65. The van der Waals surface area contributed by atoms with Crippen molar-refractivity contribution < 1.29 is 18.0 Å². The number of carbonyl (C=O) groups is 1. The Morgan fingerprint density at radius 1 is 1.35 bits per heavy atom. The molecule has 0 saturated heterocycles. The predicted octanol–water partition coefficient (Wildman–Crippen LogP) is 2.40. The van der Waals surface area contributed by atoms with Crippen LogP contribution in [0.15, 0.2) is 36.7 Å². The molecule has 0 spiro atoms. The van der Waals surface area contributed by atoms with Crippen LogP contribution in [0, 0.1) is 0 Å². The summed E-state index contributed by atoms with van der Waals surface area (Å²) in [6.45, 7) is 0.294. The molecule has 1 amide bonds. The minimum Gasteiger partial charge on any atom is -0.352 e. The minimum absolute atomic E-state index is 0.0146. The maximum absolute atomic E-state index is 12.5. The fourth-order valence-electron chi connectivity index (χ4n) is 1.67. The highest BCUT2D eigenvalue weighted by atomic mass is 19.4. The number of benzene rings is 1. The second kappa shape index (κ2) is 5.77. The van der Waals surface area contributed by atoms with Crippen molar-refractivity contribution in [3.63, 3.8) is 0 Å². The molecule has 1 aromatic carbocycles. The number of rotatable bonds is 4. The topological polar surface area (TPSA) is 57.8 Å². The van der Waals surface area contributed by atoms with E-state index in [0.29, 0.717) is 18.8 Å². The van der Waals surface area contributed by atoms with Gasteiger partial charge in [0.1, 0.15) is 5.82 Å². The molecule has 20 heavy (non-hydrogen) atoms. The third-order valence-electron chi connectivity index (χ3n) is 2.65. The van der Waals surface area contributed by atoms with Crippen molar-refractivity contribution >= 4 is 5.91 Å². The molecule has 0 unspecified atom stereocenters. The summed E-state index contributed by atoms with van der Waals surface area (Å²) >= 11 is 0. The SMILES string of the molecule is O=C(NCCc1ncc[nH]1)c1cccc(C(F)(F)F)c1. The van der Waals surface area contributed by atoms with Crippen molar-refractivity contribution in [2.45, 2.75) is 12.6 Å². The second-order valence-corrected chi connectivity index (χ2v) is 4.12. The van der Waals surface area contributed by atoms with Crippen LogP contribution in [0.4, 0.5) is 13.2 Å². The van der Waals surface area contributed by atoms with E-state index < -0.39 is 17.6 Å². The van der Waals surface area contributed by atoms with Crippen molar-refractivity contribution in [1.29, 1.82) is 0 Å². The second-order valence-electron chi connectivity index (χ2n) is 4.12. The summed E-state index contributed by atoms with van der Waals surface area (Å²) in [5, 5.41) is 2.55. The first kappa shape index (κ1) is 14.1. The number of aromatic amines is 1. The van der Waals surface area contributed by atoms with Crippen molar-refractivity contribution in [3.8, 4) is 0 Å². The number of hydrogen-bond donors (Lipinski definition) is 2. The van der Waals surface area contributed by atoms with Gasteiger partial charge < -0.3 is 10.3 Å². The number of alkyl halides is 3. The van der Waals surface area contributed by atoms with Gasteiger partial charge in [-0.1, -0.05) is 6.07 Å². The average Bonchev–Trinajstić information content (AvgIpc) is 2.91. The molecular formula is C13H12F3N3O.